The highest BCUT2D eigenvalue weighted by atomic mass is 32.1. The van der Waals surface area contributed by atoms with Crippen molar-refractivity contribution >= 4 is 17.3 Å². The Morgan fingerprint density at radius 2 is 2.33 bits per heavy atom. The standard InChI is InChI=1S/C9H12N2O3S/c12-9(13)7(8-10-1-6-15-8)11-2-4-14-5-3-11/h1,6-7H,2-5H2,(H,12,13). The van der Waals surface area contributed by atoms with Crippen molar-refractivity contribution in [1.29, 1.82) is 0 Å². The second kappa shape index (κ2) is 4.69. The fraction of sp³-hybridized carbons (Fsp3) is 0.556. The molecule has 1 N–H and O–H groups in total. The smallest absolute Gasteiger partial charge is 0.328 e. The van der Waals surface area contributed by atoms with Gasteiger partial charge in [-0.1, -0.05) is 0 Å². The van der Waals surface area contributed by atoms with Crippen LogP contribution in [0.15, 0.2) is 11.6 Å². The molecule has 6 heteroatoms. The molecule has 0 saturated carbocycles. The van der Waals surface area contributed by atoms with Crippen LogP contribution in [-0.4, -0.2) is 47.3 Å². The summed E-state index contributed by atoms with van der Waals surface area (Å²) in [6.45, 7) is 2.48. The van der Waals surface area contributed by atoms with Crippen LogP contribution in [-0.2, 0) is 9.53 Å². The predicted molar refractivity (Wildman–Crippen MR) is 54.9 cm³/mol. The average molecular weight is 228 g/mol. The van der Waals surface area contributed by atoms with Gasteiger partial charge in [0, 0.05) is 24.7 Å². The number of aliphatic carboxylic acids is 1. The molecule has 0 aliphatic carbocycles. The number of hydrogen-bond donors (Lipinski definition) is 1. The minimum atomic E-state index is -0.841. The van der Waals surface area contributed by atoms with Gasteiger partial charge in [0.15, 0.2) is 6.04 Å². The lowest BCUT2D eigenvalue weighted by atomic mass is 10.2. The van der Waals surface area contributed by atoms with Crippen molar-refractivity contribution in [2.24, 2.45) is 0 Å². The third-order valence-corrected chi connectivity index (χ3v) is 3.16. The van der Waals surface area contributed by atoms with Gasteiger partial charge < -0.3 is 9.84 Å². The number of morpholine rings is 1. The normalized spacial score (nSPS) is 20.0. The summed E-state index contributed by atoms with van der Waals surface area (Å²) in [5.41, 5.74) is 0. The number of carbonyl (C=O) groups is 1. The van der Waals surface area contributed by atoms with Crippen molar-refractivity contribution in [1.82, 2.24) is 9.88 Å². The van der Waals surface area contributed by atoms with Crippen LogP contribution >= 0.6 is 11.3 Å². The first-order valence-electron chi connectivity index (χ1n) is 4.73. The van der Waals surface area contributed by atoms with Crippen LogP contribution in [0.4, 0.5) is 0 Å². The average Bonchev–Trinajstić information content (AvgIpc) is 2.72. The molecule has 15 heavy (non-hydrogen) atoms. The number of aromatic nitrogens is 1. The molecular weight excluding hydrogens is 216 g/mol. The summed E-state index contributed by atoms with van der Waals surface area (Å²) in [6, 6.07) is -0.617. The third kappa shape index (κ3) is 2.34. The van der Waals surface area contributed by atoms with Crippen LogP contribution in [0.25, 0.3) is 0 Å². The van der Waals surface area contributed by atoms with Crippen molar-refractivity contribution in [3.63, 3.8) is 0 Å². The van der Waals surface area contributed by atoms with Crippen LogP contribution in [0.3, 0.4) is 0 Å². The number of rotatable bonds is 3. The Balaban J connectivity index is 2.15. The summed E-state index contributed by atoms with van der Waals surface area (Å²) in [7, 11) is 0. The molecule has 1 unspecified atom stereocenters. The van der Waals surface area contributed by atoms with E-state index in [0.717, 1.165) is 0 Å². The second-order valence-electron chi connectivity index (χ2n) is 3.26. The van der Waals surface area contributed by atoms with Crippen molar-refractivity contribution in [2.45, 2.75) is 6.04 Å². The van der Waals surface area contributed by atoms with Crippen LogP contribution in [0.5, 0.6) is 0 Å². The summed E-state index contributed by atoms with van der Waals surface area (Å²) in [5, 5.41) is 11.6. The first-order valence-corrected chi connectivity index (χ1v) is 5.61. The zero-order valence-corrected chi connectivity index (χ0v) is 8.94. The molecule has 1 aliphatic rings. The van der Waals surface area contributed by atoms with Gasteiger partial charge >= 0.3 is 5.97 Å². The van der Waals surface area contributed by atoms with E-state index in [0.29, 0.717) is 31.3 Å². The molecule has 0 aromatic carbocycles. The largest absolute Gasteiger partial charge is 0.480 e. The second-order valence-corrected chi connectivity index (χ2v) is 4.19. The number of hydrogen-bond acceptors (Lipinski definition) is 5. The Morgan fingerprint density at radius 3 is 2.87 bits per heavy atom. The minimum absolute atomic E-state index is 0.592. The van der Waals surface area contributed by atoms with Gasteiger partial charge in [0.1, 0.15) is 5.01 Å². The summed E-state index contributed by atoms with van der Waals surface area (Å²) >= 11 is 1.38. The summed E-state index contributed by atoms with van der Waals surface area (Å²) in [5.74, 6) is -0.841. The van der Waals surface area contributed by atoms with Gasteiger partial charge in [-0.05, 0) is 0 Å². The molecule has 5 nitrogen and oxygen atoms in total. The summed E-state index contributed by atoms with van der Waals surface area (Å²) in [4.78, 5) is 17.1. The highest BCUT2D eigenvalue weighted by Gasteiger charge is 2.30. The van der Waals surface area contributed by atoms with Gasteiger partial charge in [-0.2, -0.15) is 0 Å². The van der Waals surface area contributed by atoms with Crippen molar-refractivity contribution < 1.29 is 14.6 Å². The van der Waals surface area contributed by atoms with Crippen molar-refractivity contribution in [2.75, 3.05) is 26.3 Å². The van der Waals surface area contributed by atoms with Crippen LogP contribution in [0.2, 0.25) is 0 Å². The van der Waals surface area contributed by atoms with E-state index in [-0.39, 0.29) is 0 Å². The number of carboxylic acid groups (broad SMARTS) is 1. The molecule has 2 heterocycles. The van der Waals surface area contributed by atoms with Gasteiger partial charge in [-0.25, -0.2) is 4.98 Å². The van der Waals surface area contributed by atoms with Gasteiger partial charge in [0.2, 0.25) is 0 Å². The Morgan fingerprint density at radius 1 is 1.60 bits per heavy atom. The number of thiazole rings is 1. The molecule has 82 valence electrons. The summed E-state index contributed by atoms with van der Waals surface area (Å²) in [6.07, 6.45) is 1.64. The maximum absolute atomic E-state index is 11.2. The molecule has 1 aliphatic heterocycles. The Bertz CT molecular complexity index is 322. The number of ether oxygens (including phenoxy) is 1. The lowest BCUT2D eigenvalue weighted by Crippen LogP contribution is -2.42. The summed E-state index contributed by atoms with van der Waals surface area (Å²) < 4.78 is 5.20. The molecule has 1 atom stereocenters. The van der Waals surface area contributed by atoms with E-state index in [4.69, 9.17) is 4.74 Å². The van der Waals surface area contributed by atoms with E-state index in [9.17, 15) is 9.90 Å². The monoisotopic (exact) mass is 228 g/mol. The number of nitrogens with zero attached hydrogens (tertiary/aromatic N) is 2. The van der Waals surface area contributed by atoms with Crippen LogP contribution in [0.1, 0.15) is 11.0 Å². The molecule has 0 bridgehead atoms. The molecular formula is C9H12N2O3S. The zero-order valence-electron chi connectivity index (χ0n) is 8.13. The van der Waals surface area contributed by atoms with Crippen molar-refractivity contribution in [3.8, 4) is 0 Å². The van der Waals surface area contributed by atoms with Crippen LogP contribution < -0.4 is 0 Å². The lowest BCUT2D eigenvalue weighted by Gasteiger charge is -2.30. The third-order valence-electron chi connectivity index (χ3n) is 2.33. The quantitative estimate of drug-likeness (QED) is 0.821. The first-order chi connectivity index (χ1) is 7.29. The molecule has 1 aromatic rings. The van der Waals surface area contributed by atoms with Crippen molar-refractivity contribution in [3.05, 3.63) is 16.6 Å². The predicted octanol–water partition coefficient (Wildman–Crippen LogP) is 0.601. The van der Waals surface area contributed by atoms with E-state index in [1.165, 1.54) is 11.3 Å². The van der Waals surface area contributed by atoms with E-state index < -0.39 is 12.0 Å². The van der Waals surface area contributed by atoms with Gasteiger partial charge in [0.25, 0.3) is 0 Å². The zero-order chi connectivity index (χ0) is 10.7. The van der Waals surface area contributed by atoms with Gasteiger partial charge in [-0.15, -0.1) is 11.3 Å². The molecule has 0 spiro atoms. The van der Waals surface area contributed by atoms with Gasteiger partial charge in [-0.3, -0.25) is 9.69 Å². The molecule has 0 amide bonds. The van der Waals surface area contributed by atoms with E-state index in [1.807, 2.05) is 4.90 Å². The topological polar surface area (TPSA) is 62.7 Å². The highest BCUT2D eigenvalue weighted by molar-refractivity contribution is 7.09. The number of carboxylic acids is 1. The highest BCUT2D eigenvalue weighted by Crippen LogP contribution is 2.23. The fourth-order valence-electron chi connectivity index (χ4n) is 1.62. The molecule has 2 rings (SSSR count). The SMILES string of the molecule is O=C(O)C(c1nccs1)N1CCOCC1. The Labute approximate surface area is 91.3 Å². The molecule has 1 fully saturated rings. The minimum Gasteiger partial charge on any atom is -0.480 e. The Hall–Kier alpha value is -0.980. The van der Waals surface area contributed by atoms with E-state index >= 15 is 0 Å². The van der Waals surface area contributed by atoms with E-state index in [2.05, 4.69) is 4.98 Å². The van der Waals surface area contributed by atoms with Crippen LogP contribution in [0, 0.1) is 0 Å². The Kier molecular flexibility index (Phi) is 3.30. The first kappa shape index (κ1) is 10.5. The van der Waals surface area contributed by atoms with Gasteiger partial charge in [0.05, 0.1) is 13.2 Å². The maximum Gasteiger partial charge on any atom is 0.328 e. The molecule has 1 saturated heterocycles. The maximum atomic E-state index is 11.2. The van der Waals surface area contributed by atoms with E-state index in [1.54, 1.807) is 11.6 Å². The lowest BCUT2D eigenvalue weighted by molar-refractivity contribution is -0.145. The molecule has 0 radical (unpaired) electrons. The fourth-order valence-corrected chi connectivity index (χ4v) is 2.38. The molecule has 1 aromatic heterocycles.